The average molecular weight is 217 g/mol. The van der Waals surface area contributed by atoms with E-state index < -0.39 is 6.36 Å². The van der Waals surface area contributed by atoms with E-state index in [2.05, 4.69) is 11.7 Å². The average Bonchev–Trinajstić information content (AvgIpc) is 2.05. The van der Waals surface area contributed by atoms with Crippen LogP contribution in [0.1, 0.15) is 24.0 Å². The first-order chi connectivity index (χ1) is 6.79. The molecule has 1 atom stereocenters. The summed E-state index contributed by atoms with van der Waals surface area (Å²) >= 11 is 0. The summed E-state index contributed by atoms with van der Waals surface area (Å²) in [6.45, 7) is 7.22. The van der Waals surface area contributed by atoms with Gasteiger partial charge in [-0.25, -0.2) is 0 Å². The minimum absolute atomic E-state index is 0.171. The molecule has 0 N–H and O–H groups in total. The first-order valence-electron chi connectivity index (χ1n) is 4.49. The number of aryl methyl sites for hydroxylation is 1. The van der Waals surface area contributed by atoms with E-state index in [-0.39, 0.29) is 11.7 Å². The number of halogens is 3. The van der Waals surface area contributed by atoms with Crippen molar-refractivity contribution in [3.8, 4) is 5.75 Å². The fraction of sp³-hybridized carbons (Fsp3) is 0.364. The standard InChI is InChI=1S/C11H12F3O/c1-7(2)9-6-8(3)4-5-10(9)15-11(12,13)14/h4-7H,1H2,2-3H3. The zero-order chi connectivity index (χ0) is 11.6. The van der Waals surface area contributed by atoms with Crippen molar-refractivity contribution in [2.24, 2.45) is 0 Å². The summed E-state index contributed by atoms with van der Waals surface area (Å²) in [5.74, 6) is -0.419. The highest BCUT2D eigenvalue weighted by molar-refractivity contribution is 5.39. The van der Waals surface area contributed by atoms with Gasteiger partial charge < -0.3 is 4.74 Å². The van der Waals surface area contributed by atoms with E-state index in [1.54, 1.807) is 19.1 Å². The number of hydrogen-bond acceptors (Lipinski definition) is 1. The Labute approximate surface area is 86.9 Å². The summed E-state index contributed by atoms with van der Waals surface area (Å²) in [4.78, 5) is 0. The van der Waals surface area contributed by atoms with Crippen molar-refractivity contribution in [2.45, 2.75) is 26.1 Å². The maximum absolute atomic E-state index is 12.0. The normalized spacial score (nSPS) is 11.9. The number of benzene rings is 1. The molecule has 0 fully saturated rings. The molecular weight excluding hydrogens is 205 g/mol. The van der Waals surface area contributed by atoms with E-state index in [0.29, 0.717) is 5.56 Å². The Kier molecular flexibility index (Phi) is 3.27. The highest BCUT2D eigenvalue weighted by Gasteiger charge is 2.32. The van der Waals surface area contributed by atoms with Crippen LogP contribution in [0.15, 0.2) is 18.2 Å². The Bertz CT molecular complexity index is 342. The van der Waals surface area contributed by atoms with Crippen LogP contribution in [0.3, 0.4) is 0 Å². The van der Waals surface area contributed by atoms with Crippen LogP contribution >= 0.6 is 0 Å². The third-order valence-corrected chi connectivity index (χ3v) is 1.92. The molecular formula is C11H12F3O. The van der Waals surface area contributed by atoms with Crippen LogP contribution in [-0.4, -0.2) is 6.36 Å². The largest absolute Gasteiger partial charge is 0.573 e. The summed E-state index contributed by atoms with van der Waals surface area (Å²) in [6, 6.07) is 4.55. The van der Waals surface area contributed by atoms with E-state index in [1.807, 2.05) is 6.92 Å². The van der Waals surface area contributed by atoms with Gasteiger partial charge in [-0.1, -0.05) is 24.6 Å². The molecule has 0 heterocycles. The zero-order valence-corrected chi connectivity index (χ0v) is 8.56. The third-order valence-electron chi connectivity index (χ3n) is 1.92. The zero-order valence-electron chi connectivity index (χ0n) is 8.56. The molecule has 0 aliphatic carbocycles. The Morgan fingerprint density at radius 1 is 1.33 bits per heavy atom. The van der Waals surface area contributed by atoms with Crippen LogP contribution in [0.5, 0.6) is 5.75 Å². The predicted octanol–water partition coefficient (Wildman–Crippen LogP) is 3.83. The van der Waals surface area contributed by atoms with Gasteiger partial charge in [0.2, 0.25) is 0 Å². The summed E-state index contributed by atoms with van der Waals surface area (Å²) in [6.07, 6.45) is -4.65. The Hall–Kier alpha value is -1.19. The van der Waals surface area contributed by atoms with Crippen LogP contribution in [0.25, 0.3) is 0 Å². The number of ether oxygens (including phenoxy) is 1. The Balaban J connectivity index is 3.06. The molecule has 1 aromatic rings. The van der Waals surface area contributed by atoms with Gasteiger partial charge in [0.15, 0.2) is 0 Å². The topological polar surface area (TPSA) is 9.23 Å². The maximum Gasteiger partial charge on any atom is 0.573 e. The summed E-state index contributed by atoms with van der Waals surface area (Å²) in [5, 5.41) is 0. The van der Waals surface area contributed by atoms with Gasteiger partial charge in [0.1, 0.15) is 5.75 Å². The number of hydrogen-bond donors (Lipinski definition) is 0. The van der Waals surface area contributed by atoms with E-state index in [0.717, 1.165) is 5.56 Å². The van der Waals surface area contributed by atoms with Crippen LogP contribution in [-0.2, 0) is 0 Å². The van der Waals surface area contributed by atoms with Gasteiger partial charge >= 0.3 is 6.36 Å². The van der Waals surface area contributed by atoms with Crippen molar-refractivity contribution in [3.05, 3.63) is 36.2 Å². The molecule has 1 nitrogen and oxygen atoms in total. The molecule has 0 amide bonds. The van der Waals surface area contributed by atoms with Crippen molar-refractivity contribution >= 4 is 0 Å². The minimum atomic E-state index is -4.65. The highest BCUT2D eigenvalue weighted by atomic mass is 19.4. The first kappa shape index (κ1) is 11.9. The van der Waals surface area contributed by atoms with Gasteiger partial charge in [0, 0.05) is 0 Å². The molecule has 83 valence electrons. The van der Waals surface area contributed by atoms with Crippen LogP contribution in [0.4, 0.5) is 13.2 Å². The van der Waals surface area contributed by atoms with Gasteiger partial charge in [-0.05, 0) is 31.4 Å². The molecule has 1 aromatic carbocycles. The van der Waals surface area contributed by atoms with Gasteiger partial charge in [-0.2, -0.15) is 0 Å². The van der Waals surface area contributed by atoms with Crippen molar-refractivity contribution < 1.29 is 17.9 Å². The second-order valence-electron chi connectivity index (χ2n) is 3.49. The fourth-order valence-corrected chi connectivity index (χ4v) is 1.27. The number of alkyl halides is 3. The lowest BCUT2D eigenvalue weighted by molar-refractivity contribution is -0.274. The summed E-state index contributed by atoms with van der Waals surface area (Å²) in [7, 11) is 0. The van der Waals surface area contributed by atoms with E-state index in [9.17, 15) is 13.2 Å². The van der Waals surface area contributed by atoms with Crippen LogP contribution < -0.4 is 4.74 Å². The SMILES string of the molecule is [CH2]C(C)c1cc(C)ccc1OC(F)(F)F. The molecule has 4 heteroatoms. The van der Waals surface area contributed by atoms with Crippen molar-refractivity contribution in [3.63, 3.8) is 0 Å². The lowest BCUT2D eigenvalue weighted by Crippen LogP contribution is -2.18. The van der Waals surface area contributed by atoms with E-state index in [1.165, 1.54) is 6.07 Å². The Morgan fingerprint density at radius 2 is 1.93 bits per heavy atom. The molecule has 0 saturated carbocycles. The molecule has 0 spiro atoms. The monoisotopic (exact) mass is 217 g/mol. The van der Waals surface area contributed by atoms with Crippen LogP contribution in [0, 0.1) is 13.8 Å². The molecule has 1 rings (SSSR count). The van der Waals surface area contributed by atoms with E-state index in [4.69, 9.17) is 0 Å². The highest BCUT2D eigenvalue weighted by Crippen LogP contribution is 2.31. The molecule has 0 bridgehead atoms. The Morgan fingerprint density at radius 3 is 2.40 bits per heavy atom. The molecule has 0 aromatic heterocycles. The molecule has 0 aliphatic rings. The molecule has 1 radical (unpaired) electrons. The summed E-state index contributed by atoms with van der Waals surface area (Å²) in [5.41, 5.74) is 1.35. The first-order valence-corrected chi connectivity index (χ1v) is 4.49. The van der Waals surface area contributed by atoms with Crippen molar-refractivity contribution in [2.75, 3.05) is 0 Å². The molecule has 0 saturated heterocycles. The van der Waals surface area contributed by atoms with Crippen molar-refractivity contribution in [1.82, 2.24) is 0 Å². The predicted molar refractivity (Wildman–Crippen MR) is 51.6 cm³/mol. The molecule has 0 aliphatic heterocycles. The minimum Gasteiger partial charge on any atom is -0.405 e. The summed E-state index contributed by atoms with van der Waals surface area (Å²) < 4.78 is 40.0. The quantitative estimate of drug-likeness (QED) is 0.731. The second kappa shape index (κ2) is 4.13. The van der Waals surface area contributed by atoms with Crippen LogP contribution in [0.2, 0.25) is 0 Å². The second-order valence-corrected chi connectivity index (χ2v) is 3.49. The third kappa shape index (κ3) is 3.46. The maximum atomic E-state index is 12.0. The van der Waals surface area contributed by atoms with E-state index >= 15 is 0 Å². The smallest absolute Gasteiger partial charge is 0.405 e. The lowest BCUT2D eigenvalue weighted by atomic mass is 10.0. The number of rotatable bonds is 2. The van der Waals surface area contributed by atoms with Gasteiger partial charge in [0.05, 0.1) is 0 Å². The fourth-order valence-electron chi connectivity index (χ4n) is 1.27. The molecule has 1 unspecified atom stereocenters. The molecule has 15 heavy (non-hydrogen) atoms. The van der Waals surface area contributed by atoms with Gasteiger partial charge in [-0.3, -0.25) is 0 Å². The van der Waals surface area contributed by atoms with Gasteiger partial charge in [0.25, 0.3) is 0 Å². The lowest BCUT2D eigenvalue weighted by Gasteiger charge is -2.15. The van der Waals surface area contributed by atoms with Gasteiger partial charge in [-0.15, -0.1) is 13.2 Å². The van der Waals surface area contributed by atoms with Crippen molar-refractivity contribution in [1.29, 1.82) is 0 Å².